The monoisotopic (exact) mass is 268 g/mol. The fourth-order valence-electron chi connectivity index (χ4n) is 2.30. The number of rotatable bonds is 6. The summed E-state index contributed by atoms with van der Waals surface area (Å²) in [5.74, 6) is 0.835. The summed E-state index contributed by atoms with van der Waals surface area (Å²) in [5, 5.41) is 4.12. The third-order valence-corrected chi connectivity index (χ3v) is 3.67. The molecule has 100 valence electrons. The number of hydrogen-bond acceptors (Lipinski definition) is 3. The first-order valence-corrected chi connectivity index (χ1v) is 6.97. The lowest BCUT2D eigenvalue weighted by Crippen LogP contribution is -2.22. The van der Waals surface area contributed by atoms with Crippen LogP contribution in [0.5, 0.6) is 5.75 Å². The predicted octanol–water partition coefficient (Wildman–Crippen LogP) is 3.25. The van der Waals surface area contributed by atoms with Crippen molar-refractivity contribution in [2.24, 2.45) is 0 Å². The van der Waals surface area contributed by atoms with Crippen LogP contribution in [0.2, 0.25) is 5.02 Å². The molecule has 0 saturated carbocycles. The molecule has 0 aromatic heterocycles. The molecule has 1 fully saturated rings. The van der Waals surface area contributed by atoms with Crippen LogP contribution in [0.15, 0.2) is 18.2 Å². The van der Waals surface area contributed by atoms with Crippen molar-refractivity contribution in [3.63, 3.8) is 0 Å². The van der Waals surface area contributed by atoms with Gasteiger partial charge in [-0.1, -0.05) is 11.6 Å². The number of halogens is 1. The lowest BCUT2D eigenvalue weighted by molar-refractivity contribution is 0.337. The van der Waals surface area contributed by atoms with Gasteiger partial charge >= 0.3 is 0 Å². The first kappa shape index (κ1) is 13.5. The zero-order chi connectivity index (χ0) is 12.8. The highest BCUT2D eigenvalue weighted by Crippen LogP contribution is 2.26. The van der Waals surface area contributed by atoms with Gasteiger partial charge in [-0.15, -0.1) is 0 Å². The van der Waals surface area contributed by atoms with Gasteiger partial charge in [-0.25, -0.2) is 0 Å². The highest BCUT2D eigenvalue weighted by Gasteiger charge is 2.10. The minimum atomic E-state index is 0.747. The first-order chi connectivity index (χ1) is 8.79. The van der Waals surface area contributed by atoms with Crippen LogP contribution >= 0.6 is 11.6 Å². The second-order valence-electron chi connectivity index (χ2n) is 4.67. The molecule has 1 heterocycles. The summed E-state index contributed by atoms with van der Waals surface area (Å²) in [4.78, 5) is 2.52. The fraction of sp³-hybridized carbons (Fsp3) is 0.571. The molecule has 4 heteroatoms. The molecule has 1 aliphatic rings. The highest BCUT2D eigenvalue weighted by molar-refractivity contribution is 6.33. The summed E-state index contributed by atoms with van der Waals surface area (Å²) in [7, 11) is 1.67. The molecule has 0 bridgehead atoms. The molecule has 0 atom stereocenters. The van der Waals surface area contributed by atoms with Crippen LogP contribution in [0.1, 0.15) is 19.3 Å². The maximum atomic E-state index is 6.13. The van der Waals surface area contributed by atoms with Crippen LogP contribution in [0, 0.1) is 0 Å². The smallest absolute Gasteiger partial charge is 0.121 e. The Labute approximate surface area is 114 Å². The average molecular weight is 269 g/mol. The van der Waals surface area contributed by atoms with E-state index in [1.807, 2.05) is 18.2 Å². The van der Waals surface area contributed by atoms with Gasteiger partial charge in [0.25, 0.3) is 0 Å². The number of ether oxygens (including phenoxy) is 1. The number of benzene rings is 1. The molecule has 1 aromatic carbocycles. The summed E-state index contributed by atoms with van der Waals surface area (Å²) in [6, 6.07) is 5.68. The van der Waals surface area contributed by atoms with Crippen molar-refractivity contribution in [1.29, 1.82) is 0 Å². The predicted molar refractivity (Wildman–Crippen MR) is 76.8 cm³/mol. The Kier molecular flexibility index (Phi) is 5.14. The maximum Gasteiger partial charge on any atom is 0.121 e. The van der Waals surface area contributed by atoms with Gasteiger partial charge < -0.3 is 15.0 Å². The van der Waals surface area contributed by atoms with E-state index in [0.29, 0.717) is 0 Å². The minimum absolute atomic E-state index is 0.747. The van der Waals surface area contributed by atoms with Crippen molar-refractivity contribution in [1.82, 2.24) is 4.90 Å². The molecule has 0 radical (unpaired) electrons. The average Bonchev–Trinajstić information content (AvgIpc) is 2.89. The van der Waals surface area contributed by atoms with Crippen molar-refractivity contribution in [3.05, 3.63) is 23.2 Å². The molecule has 0 unspecified atom stereocenters. The van der Waals surface area contributed by atoms with Crippen LogP contribution in [-0.4, -0.2) is 38.2 Å². The number of likely N-dealkylation sites (tertiary alicyclic amines) is 1. The molecule has 0 amide bonds. The standard InChI is InChI=1S/C14H21ClN2O/c1-18-12-5-6-13(15)14(11-12)16-7-4-10-17-8-2-3-9-17/h5-6,11,16H,2-4,7-10H2,1H3. The van der Waals surface area contributed by atoms with E-state index in [0.717, 1.165) is 29.4 Å². The van der Waals surface area contributed by atoms with Gasteiger partial charge in [-0.05, 0) is 51.0 Å². The molecule has 1 saturated heterocycles. The molecule has 18 heavy (non-hydrogen) atoms. The molecule has 1 aliphatic heterocycles. The van der Waals surface area contributed by atoms with E-state index < -0.39 is 0 Å². The minimum Gasteiger partial charge on any atom is -0.497 e. The summed E-state index contributed by atoms with van der Waals surface area (Å²) >= 11 is 6.13. The summed E-state index contributed by atoms with van der Waals surface area (Å²) in [6.45, 7) is 4.65. The van der Waals surface area contributed by atoms with Crippen LogP contribution < -0.4 is 10.1 Å². The molecule has 2 rings (SSSR count). The maximum absolute atomic E-state index is 6.13. The van der Waals surface area contributed by atoms with Gasteiger partial charge in [0.05, 0.1) is 17.8 Å². The number of anilines is 1. The summed E-state index contributed by atoms with van der Waals surface area (Å²) in [6.07, 6.45) is 3.86. The van der Waals surface area contributed by atoms with E-state index in [2.05, 4.69) is 10.2 Å². The van der Waals surface area contributed by atoms with Gasteiger partial charge in [0, 0.05) is 12.6 Å². The Balaban J connectivity index is 1.75. The van der Waals surface area contributed by atoms with Crippen molar-refractivity contribution >= 4 is 17.3 Å². The Morgan fingerprint density at radius 3 is 2.83 bits per heavy atom. The highest BCUT2D eigenvalue weighted by atomic mass is 35.5. The van der Waals surface area contributed by atoms with Crippen molar-refractivity contribution in [3.8, 4) is 5.75 Å². The Bertz CT molecular complexity index is 378. The van der Waals surface area contributed by atoms with Crippen molar-refractivity contribution < 1.29 is 4.74 Å². The van der Waals surface area contributed by atoms with Gasteiger partial charge in [0.2, 0.25) is 0 Å². The van der Waals surface area contributed by atoms with Gasteiger partial charge in [-0.2, -0.15) is 0 Å². The number of nitrogens with one attached hydrogen (secondary N) is 1. The summed E-state index contributed by atoms with van der Waals surface area (Å²) in [5.41, 5.74) is 0.956. The molecule has 0 spiro atoms. The molecular formula is C14H21ClN2O. The lowest BCUT2D eigenvalue weighted by Gasteiger charge is -2.15. The normalized spacial score (nSPS) is 15.9. The topological polar surface area (TPSA) is 24.5 Å². The molecule has 0 aliphatic carbocycles. The lowest BCUT2D eigenvalue weighted by atomic mass is 10.3. The first-order valence-electron chi connectivity index (χ1n) is 6.59. The summed E-state index contributed by atoms with van der Waals surface area (Å²) < 4.78 is 5.19. The van der Waals surface area contributed by atoms with Crippen LogP contribution in [0.3, 0.4) is 0 Å². The van der Waals surface area contributed by atoms with Crippen molar-refractivity contribution in [2.75, 3.05) is 38.6 Å². The Morgan fingerprint density at radius 2 is 2.11 bits per heavy atom. The van der Waals surface area contributed by atoms with E-state index >= 15 is 0 Å². The van der Waals surface area contributed by atoms with Crippen LogP contribution in [0.4, 0.5) is 5.69 Å². The number of nitrogens with zero attached hydrogens (tertiary/aromatic N) is 1. The second kappa shape index (κ2) is 6.86. The Morgan fingerprint density at radius 1 is 1.33 bits per heavy atom. The molecular weight excluding hydrogens is 248 g/mol. The van der Waals surface area contributed by atoms with E-state index in [-0.39, 0.29) is 0 Å². The third kappa shape index (κ3) is 3.79. The van der Waals surface area contributed by atoms with Gasteiger partial charge in [0.15, 0.2) is 0 Å². The number of hydrogen-bond donors (Lipinski definition) is 1. The van der Waals surface area contributed by atoms with Crippen molar-refractivity contribution in [2.45, 2.75) is 19.3 Å². The van der Waals surface area contributed by atoms with E-state index in [4.69, 9.17) is 16.3 Å². The second-order valence-corrected chi connectivity index (χ2v) is 5.08. The van der Waals surface area contributed by atoms with Crippen LogP contribution in [0.25, 0.3) is 0 Å². The van der Waals surface area contributed by atoms with Gasteiger partial charge in [0.1, 0.15) is 5.75 Å². The number of methoxy groups -OCH3 is 1. The quantitative estimate of drug-likeness (QED) is 0.802. The SMILES string of the molecule is COc1ccc(Cl)c(NCCCN2CCCC2)c1. The van der Waals surface area contributed by atoms with E-state index in [9.17, 15) is 0 Å². The van der Waals surface area contributed by atoms with E-state index in [1.54, 1.807) is 7.11 Å². The Hall–Kier alpha value is -0.930. The van der Waals surface area contributed by atoms with Crippen LogP contribution in [-0.2, 0) is 0 Å². The fourth-order valence-corrected chi connectivity index (χ4v) is 2.48. The largest absolute Gasteiger partial charge is 0.497 e. The molecule has 1 N–H and O–H groups in total. The zero-order valence-corrected chi connectivity index (χ0v) is 11.7. The molecule has 1 aromatic rings. The zero-order valence-electron chi connectivity index (χ0n) is 10.9. The van der Waals surface area contributed by atoms with Gasteiger partial charge in [-0.3, -0.25) is 0 Å². The van der Waals surface area contributed by atoms with E-state index in [1.165, 1.54) is 32.5 Å². The molecule has 3 nitrogen and oxygen atoms in total. The third-order valence-electron chi connectivity index (χ3n) is 3.34.